The smallest absolute Gasteiger partial charge is 0.278 e. The molecule has 0 fully saturated rings. The molecule has 0 spiro atoms. The molecule has 0 radical (unpaired) electrons. The fourth-order valence-electron chi connectivity index (χ4n) is 4.79. The summed E-state index contributed by atoms with van der Waals surface area (Å²) in [7, 11) is 10.9. The number of anilines is 1. The molecule has 5 aromatic rings. The molecule has 0 saturated carbocycles. The first-order chi connectivity index (χ1) is 20.9. The van der Waals surface area contributed by atoms with Crippen molar-refractivity contribution in [3.05, 3.63) is 59.7 Å². The Kier molecular flexibility index (Phi) is 8.65. The van der Waals surface area contributed by atoms with Crippen LogP contribution in [0.15, 0.2) is 48.5 Å². The number of nitrogens with zero attached hydrogens (tertiary/aromatic N) is 5. The highest BCUT2D eigenvalue weighted by Gasteiger charge is 2.19. The summed E-state index contributed by atoms with van der Waals surface area (Å²) >= 11 is 0. The Labute approximate surface area is 249 Å². The van der Waals surface area contributed by atoms with Crippen LogP contribution in [0.3, 0.4) is 0 Å². The molecule has 0 bridgehead atoms. The molecule has 12 nitrogen and oxygen atoms in total. The van der Waals surface area contributed by atoms with E-state index < -0.39 is 0 Å². The second kappa shape index (κ2) is 12.7. The molecule has 5 rings (SSSR count). The fourth-order valence-corrected chi connectivity index (χ4v) is 4.79. The van der Waals surface area contributed by atoms with Gasteiger partial charge < -0.3 is 38.1 Å². The van der Waals surface area contributed by atoms with Crippen molar-refractivity contribution in [3.8, 4) is 40.8 Å². The Morgan fingerprint density at radius 2 is 0.860 bits per heavy atom. The molecular weight excluding hydrogens is 554 g/mol. The van der Waals surface area contributed by atoms with Crippen LogP contribution in [0.5, 0.6) is 40.8 Å². The van der Waals surface area contributed by atoms with E-state index in [1.54, 1.807) is 21.3 Å². The molecule has 43 heavy (non-hydrogen) atoms. The average molecular weight is 588 g/mol. The molecule has 0 saturated heterocycles. The van der Waals surface area contributed by atoms with E-state index in [0.29, 0.717) is 75.9 Å². The SMILES string of the molecule is COc1cc(N(Cc2ccc3nc(OC)c(OC)nc3c2)Cc2ccc3nc(OC)c(OC)nc3c2)cc(OC)c1OC. The van der Waals surface area contributed by atoms with Gasteiger partial charge in [0, 0.05) is 30.9 Å². The molecule has 0 unspecified atom stereocenters. The summed E-state index contributed by atoms with van der Waals surface area (Å²) in [6, 6.07) is 15.7. The lowest BCUT2D eigenvalue weighted by Gasteiger charge is -2.27. The van der Waals surface area contributed by atoms with E-state index >= 15 is 0 Å². The third-order valence-corrected chi connectivity index (χ3v) is 6.87. The Balaban J connectivity index is 1.58. The van der Waals surface area contributed by atoms with Crippen molar-refractivity contribution >= 4 is 27.8 Å². The summed E-state index contributed by atoms with van der Waals surface area (Å²) in [6.07, 6.45) is 0. The maximum Gasteiger partial charge on any atom is 0.278 e. The van der Waals surface area contributed by atoms with Crippen LogP contribution in [-0.4, -0.2) is 69.7 Å². The largest absolute Gasteiger partial charge is 0.493 e. The van der Waals surface area contributed by atoms with Crippen LogP contribution in [0.1, 0.15) is 11.1 Å². The Morgan fingerprint density at radius 1 is 0.465 bits per heavy atom. The van der Waals surface area contributed by atoms with E-state index in [4.69, 9.17) is 33.2 Å². The van der Waals surface area contributed by atoms with Gasteiger partial charge in [0.15, 0.2) is 11.5 Å². The van der Waals surface area contributed by atoms with Gasteiger partial charge in [-0.2, -0.15) is 0 Å². The lowest BCUT2D eigenvalue weighted by molar-refractivity contribution is 0.324. The minimum Gasteiger partial charge on any atom is -0.493 e. The van der Waals surface area contributed by atoms with E-state index in [2.05, 4.69) is 24.8 Å². The number of hydrogen-bond donors (Lipinski definition) is 0. The zero-order valence-electron chi connectivity index (χ0n) is 25.1. The Hall–Kier alpha value is -5.26. The highest BCUT2D eigenvalue weighted by Crippen LogP contribution is 2.42. The van der Waals surface area contributed by atoms with E-state index in [-0.39, 0.29) is 0 Å². The first-order valence-electron chi connectivity index (χ1n) is 13.3. The first-order valence-corrected chi connectivity index (χ1v) is 13.3. The van der Waals surface area contributed by atoms with Crippen LogP contribution in [0, 0.1) is 0 Å². The predicted octanol–water partition coefficient (Wildman–Crippen LogP) is 4.84. The lowest BCUT2D eigenvalue weighted by Crippen LogP contribution is -2.22. The van der Waals surface area contributed by atoms with Crippen LogP contribution >= 0.6 is 0 Å². The number of fused-ring (bicyclic) bond motifs is 2. The van der Waals surface area contributed by atoms with E-state index in [9.17, 15) is 0 Å². The molecule has 0 N–H and O–H groups in total. The van der Waals surface area contributed by atoms with Crippen molar-refractivity contribution < 1.29 is 33.2 Å². The zero-order valence-corrected chi connectivity index (χ0v) is 25.1. The summed E-state index contributed by atoms with van der Waals surface area (Å²) in [6.45, 7) is 1.03. The van der Waals surface area contributed by atoms with E-state index in [1.807, 2.05) is 48.5 Å². The van der Waals surface area contributed by atoms with E-state index in [0.717, 1.165) is 16.8 Å². The summed E-state index contributed by atoms with van der Waals surface area (Å²) in [4.78, 5) is 20.5. The highest BCUT2D eigenvalue weighted by atomic mass is 16.5. The van der Waals surface area contributed by atoms with Crippen LogP contribution in [-0.2, 0) is 13.1 Å². The third kappa shape index (κ3) is 5.89. The van der Waals surface area contributed by atoms with Crippen LogP contribution in [0.25, 0.3) is 22.1 Å². The Morgan fingerprint density at radius 3 is 1.21 bits per heavy atom. The second-order valence-electron chi connectivity index (χ2n) is 9.37. The monoisotopic (exact) mass is 587 g/mol. The van der Waals surface area contributed by atoms with Gasteiger partial charge in [0.2, 0.25) is 5.75 Å². The van der Waals surface area contributed by atoms with Gasteiger partial charge in [-0.15, -0.1) is 0 Å². The minimum absolute atomic E-state index is 0.318. The molecule has 0 aliphatic rings. The lowest BCUT2D eigenvalue weighted by atomic mass is 10.1. The molecule has 0 amide bonds. The van der Waals surface area contributed by atoms with Crippen molar-refractivity contribution in [2.75, 3.05) is 54.7 Å². The molecule has 224 valence electrons. The summed E-state index contributed by atoms with van der Waals surface area (Å²) in [5, 5.41) is 0. The first kappa shape index (κ1) is 29.2. The van der Waals surface area contributed by atoms with Gasteiger partial charge in [-0.3, -0.25) is 0 Å². The van der Waals surface area contributed by atoms with Crippen LogP contribution in [0.4, 0.5) is 5.69 Å². The number of hydrogen-bond acceptors (Lipinski definition) is 12. The number of benzene rings is 3. The topological polar surface area (TPSA) is 119 Å². The molecule has 2 heterocycles. The quantitative estimate of drug-likeness (QED) is 0.199. The van der Waals surface area contributed by atoms with E-state index in [1.165, 1.54) is 28.4 Å². The average Bonchev–Trinajstić information content (AvgIpc) is 3.05. The zero-order chi connectivity index (χ0) is 30.5. The van der Waals surface area contributed by atoms with Crippen LogP contribution in [0.2, 0.25) is 0 Å². The fraction of sp³-hybridized carbons (Fsp3) is 0.290. The third-order valence-electron chi connectivity index (χ3n) is 6.87. The number of aromatic nitrogens is 4. The second-order valence-corrected chi connectivity index (χ2v) is 9.37. The molecule has 3 aromatic carbocycles. The van der Waals surface area contributed by atoms with Crippen molar-refractivity contribution in [2.24, 2.45) is 0 Å². The van der Waals surface area contributed by atoms with Gasteiger partial charge in [-0.05, 0) is 35.4 Å². The van der Waals surface area contributed by atoms with Crippen molar-refractivity contribution in [3.63, 3.8) is 0 Å². The van der Waals surface area contributed by atoms with Gasteiger partial charge in [0.05, 0.1) is 71.8 Å². The number of methoxy groups -OCH3 is 7. The van der Waals surface area contributed by atoms with Crippen molar-refractivity contribution in [1.29, 1.82) is 0 Å². The molecule has 0 aliphatic carbocycles. The predicted molar refractivity (Wildman–Crippen MR) is 161 cm³/mol. The summed E-state index contributed by atoms with van der Waals surface area (Å²) < 4.78 is 38.3. The van der Waals surface area contributed by atoms with Gasteiger partial charge in [0.1, 0.15) is 0 Å². The maximum absolute atomic E-state index is 5.66. The number of rotatable bonds is 12. The van der Waals surface area contributed by atoms with Gasteiger partial charge in [-0.1, -0.05) is 12.1 Å². The van der Waals surface area contributed by atoms with Gasteiger partial charge in [0.25, 0.3) is 23.5 Å². The Bertz CT molecular complexity index is 1640. The highest BCUT2D eigenvalue weighted by molar-refractivity contribution is 5.78. The molecule has 0 aliphatic heterocycles. The maximum atomic E-state index is 5.66. The molecule has 0 atom stereocenters. The molecule has 12 heteroatoms. The van der Waals surface area contributed by atoms with Gasteiger partial charge >= 0.3 is 0 Å². The normalized spacial score (nSPS) is 10.9. The van der Waals surface area contributed by atoms with Gasteiger partial charge in [-0.25, -0.2) is 19.9 Å². The van der Waals surface area contributed by atoms with Crippen LogP contribution < -0.4 is 38.1 Å². The molecular formula is C31H33N5O7. The standard InChI is InChI=1S/C31H33N5O7/c1-37-25-14-20(15-26(38-2)27(25)39-3)36(16-18-8-10-21-23(12-18)34-30(42-6)28(32-21)40-4)17-19-9-11-22-24(13-19)35-31(43-7)29(33-22)41-5/h8-15H,16-17H2,1-7H3. The summed E-state index contributed by atoms with van der Waals surface area (Å²) in [5.41, 5.74) is 5.59. The molecule has 2 aromatic heterocycles. The number of ether oxygens (including phenoxy) is 7. The van der Waals surface area contributed by atoms with Crippen molar-refractivity contribution in [2.45, 2.75) is 13.1 Å². The van der Waals surface area contributed by atoms with Crippen molar-refractivity contribution in [1.82, 2.24) is 19.9 Å². The minimum atomic E-state index is 0.318. The summed E-state index contributed by atoms with van der Waals surface area (Å²) in [5.74, 6) is 2.90.